The molecule has 0 unspecified atom stereocenters. The highest BCUT2D eigenvalue weighted by Crippen LogP contribution is 2.28. The summed E-state index contributed by atoms with van der Waals surface area (Å²) in [4.78, 5) is 0. The highest BCUT2D eigenvalue weighted by molar-refractivity contribution is 7.92. The fourth-order valence-corrected chi connectivity index (χ4v) is 3.19. The molecule has 0 heterocycles. The van der Waals surface area contributed by atoms with Crippen LogP contribution in [0.25, 0.3) is 0 Å². The van der Waals surface area contributed by atoms with Gasteiger partial charge in [-0.05, 0) is 36.2 Å². The maximum atomic E-state index is 13.5. The topological polar surface area (TPSA) is 64.6 Å². The van der Waals surface area contributed by atoms with Gasteiger partial charge in [0.05, 0.1) is 25.7 Å². The molecule has 0 aliphatic heterocycles. The zero-order chi connectivity index (χ0) is 17.7. The minimum atomic E-state index is -3.79. The summed E-state index contributed by atoms with van der Waals surface area (Å²) in [5.41, 5.74) is 0.432. The van der Waals surface area contributed by atoms with Crippen LogP contribution in [0.3, 0.4) is 0 Å². The molecule has 1 N–H and O–H groups in total. The molecule has 0 atom stereocenters. The molecule has 0 amide bonds. The zero-order valence-corrected chi connectivity index (χ0v) is 14.0. The van der Waals surface area contributed by atoms with Crippen molar-refractivity contribution in [1.82, 2.24) is 0 Å². The Kier molecular flexibility index (Phi) is 5.61. The second-order valence-corrected chi connectivity index (χ2v) is 6.83. The number of methoxy groups -OCH3 is 2. The van der Waals surface area contributed by atoms with Crippen molar-refractivity contribution in [3.05, 3.63) is 53.6 Å². The van der Waals surface area contributed by atoms with E-state index in [0.29, 0.717) is 17.6 Å². The highest BCUT2D eigenvalue weighted by atomic mass is 32.2. The van der Waals surface area contributed by atoms with Gasteiger partial charge in [-0.2, -0.15) is 0 Å². The van der Waals surface area contributed by atoms with Crippen molar-refractivity contribution < 1.29 is 26.7 Å². The minimum absolute atomic E-state index is 0.193. The normalized spacial score (nSPS) is 11.2. The third kappa shape index (κ3) is 4.58. The second-order valence-electron chi connectivity index (χ2n) is 4.98. The molecule has 0 fully saturated rings. The molecule has 2 aromatic carbocycles. The van der Waals surface area contributed by atoms with Crippen LogP contribution in [0.1, 0.15) is 5.56 Å². The summed E-state index contributed by atoms with van der Waals surface area (Å²) in [6.07, 6.45) is 0.193. The van der Waals surface area contributed by atoms with Crippen molar-refractivity contribution in [2.24, 2.45) is 0 Å². The molecule has 0 spiro atoms. The maximum absolute atomic E-state index is 13.5. The Bertz CT molecular complexity index is 825. The van der Waals surface area contributed by atoms with Gasteiger partial charge in [0.2, 0.25) is 10.0 Å². The number of ether oxygens (including phenoxy) is 2. The second kappa shape index (κ2) is 7.48. The van der Waals surface area contributed by atoms with Crippen molar-refractivity contribution in [3.8, 4) is 11.5 Å². The number of aryl methyl sites for hydroxylation is 1. The van der Waals surface area contributed by atoms with E-state index < -0.39 is 21.7 Å². The Morgan fingerprint density at radius 2 is 1.71 bits per heavy atom. The molecular weight excluding hydrogens is 340 g/mol. The molecule has 0 bridgehead atoms. The molecule has 0 saturated carbocycles. The summed E-state index contributed by atoms with van der Waals surface area (Å²) < 4.78 is 62.9. The molecule has 0 aromatic heterocycles. The van der Waals surface area contributed by atoms with Crippen LogP contribution in [0.4, 0.5) is 14.5 Å². The third-order valence-corrected chi connectivity index (χ3v) is 4.58. The van der Waals surface area contributed by atoms with E-state index in [9.17, 15) is 17.2 Å². The summed E-state index contributed by atoms with van der Waals surface area (Å²) in [5.74, 6) is -0.981. The lowest BCUT2D eigenvalue weighted by atomic mass is 10.1. The van der Waals surface area contributed by atoms with Crippen LogP contribution >= 0.6 is 0 Å². The van der Waals surface area contributed by atoms with Gasteiger partial charge in [-0.1, -0.05) is 6.07 Å². The Balaban J connectivity index is 2.07. The zero-order valence-electron chi connectivity index (χ0n) is 13.2. The lowest BCUT2D eigenvalue weighted by Crippen LogP contribution is -2.19. The summed E-state index contributed by atoms with van der Waals surface area (Å²) in [7, 11) is -0.801. The number of rotatable bonds is 7. The largest absolute Gasteiger partial charge is 0.493 e. The summed E-state index contributed by atoms with van der Waals surface area (Å²) in [6.45, 7) is 0. The van der Waals surface area contributed by atoms with Crippen molar-refractivity contribution in [1.29, 1.82) is 0 Å². The first-order valence-corrected chi connectivity index (χ1v) is 8.66. The summed E-state index contributed by atoms with van der Waals surface area (Å²) in [5, 5.41) is 0. The number of anilines is 1. The van der Waals surface area contributed by atoms with E-state index in [4.69, 9.17) is 9.47 Å². The minimum Gasteiger partial charge on any atom is -0.493 e. The fourth-order valence-electron chi connectivity index (χ4n) is 2.08. The van der Waals surface area contributed by atoms with E-state index in [1.54, 1.807) is 18.2 Å². The van der Waals surface area contributed by atoms with Gasteiger partial charge in [0.1, 0.15) is 11.6 Å². The Morgan fingerprint density at radius 3 is 2.33 bits per heavy atom. The highest BCUT2D eigenvalue weighted by Gasteiger charge is 2.15. The Morgan fingerprint density at radius 1 is 1.00 bits per heavy atom. The number of sulfonamides is 1. The van der Waals surface area contributed by atoms with Gasteiger partial charge in [-0.25, -0.2) is 17.2 Å². The molecule has 5 nitrogen and oxygen atoms in total. The smallest absolute Gasteiger partial charge is 0.233 e. The predicted octanol–water partition coefficient (Wildman–Crippen LogP) is 2.97. The van der Waals surface area contributed by atoms with Crippen LogP contribution in [0.2, 0.25) is 0 Å². The van der Waals surface area contributed by atoms with E-state index in [2.05, 4.69) is 4.72 Å². The van der Waals surface area contributed by atoms with Gasteiger partial charge in [0, 0.05) is 6.07 Å². The van der Waals surface area contributed by atoms with Gasteiger partial charge in [0.15, 0.2) is 11.5 Å². The first kappa shape index (κ1) is 18.0. The van der Waals surface area contributed by atoms with Crippen LogP contribution in [-0.2, 0) is 16.4 Å². The van der Waals surface area contributed by atoms with Crippen LogP contribution in [0.15, 0.2) is 36.4 Å². The molecule has 0 radical (unpaired) electrons. The fraction of sp³-hybridized carbons (Fsp3) is 0.250. The number of hydrogen-bond donors (Lipinski definition) is 1. The van der Waals surface area contributed by atoms with Gasteiger partial charge >= 0.3 is 0 Å². The van der Waals surface area contributed by atoms with E-state index >= 15 is 0 Å². The molecule has 0 aliphatic carbocycles. The van der Waals surface area contributed by atoms with Gasteiger partial charge < -0.3 is 9.47 Å². The molecule has 130 valence electrons. The SMILES string of the molecule is COc1ccc(CCS(=O)(=O)Nc2ccc(F)cc2F)cc1OC. The average molecular weight is 357 g/mol. The van der Waals surface area contributed by atoms with Crippen molar-refractivity contribution in [3.63, 3.8) is 0 Å². The van der Waals surface area contributed by atoms with Crippen LogP contribution in [0.5, 0.6) is 11.5 Å². The number of hydrogen-bond acceptors (Lipinski definition) is 4. The maximum Gasteiger partial charge on any atom is 0.233 e. The van der Waals surface area contributed by atoms with Gasteiger partial charge in [-0.15, -0.1) is 0 Å². The number of nitrogens with one attached hydrogen (secondary N) is 1. The lowest BCUT2D eigenvalue weighted by molar-refractivity contribution is 0.354. The van der Waals surface area contributed by atoms with Crippen molar-refractivity contribution in [2.75, 3.05) is 24.7 Å². The molecule has 0 saturated heterocycles. The van der Waals surface area contributed by atoms with E-state index in [0.717, 1.165) is 17.7 Å². The third-order valence-electron chi connectivity index (χ3n) is 3.30. The van der Waals surface area contributed by atoms with E-state index in [-0.39, 0.29) is 17.9 Å². The van der Waals surface area contributed by atoms with E-state index in [1.165, 1.54) is 14.2 Å². The van der Waals surface area contributed by atoms with Crippen LogP contribution in [-0.4, -0.2) is 28.4 Å². The monoisotopic (exact) mass is 357 g/mol. The van der Waals surface area contributed by atoms with Gasteiger partial charge in [-0.3, -0.25) is 4.72 Å². The predicted molar refractivity (Wildman–Crippen MR) is 87.0 cm³/mol. The molecule has 0 aliphatic rings. The molecule has 2 rings (SSSR count). The molecular formula is C16H17F2NO4S. The van der Waals surface area contributed by atoms with Crippen LogP contribution < -0.4 is 14.2 Å². The Hall–Kier alpha value is -2.35. The van der Waals surface area contributed by atoms with E-state index in [1.807, 2.05) is 0 Å². The first-order chi connectivity index (χ1) is 11.3. The van der Waals surface area contributed by atoms with Crippen LogP contribution in [0, 0.1) is 11.6 Å². The van der Waals surface area contributed by atoms with Crippen molar-refractivity contribution in [2.45, 2.75) is 6.42 Å². The molecule has 24 heavy (non-hydrogen) atoms. The Labute approximate surface area is 139 Å². The standard InChI is InChI=1S/C16H17F2NO4S/c1-22-15-6-3-11(9-16(15)23-2)7-8-24(20,21)19-14-5-4-12(17)10-13(14)18/h3-6,9-10,19H,7-8H2,1-2H3. The molecule has 2 aromatic rings. The lowest BCUT2D eigenvalue weighted by Gasteiger charge is -2.11. The van der Waals surface area contributed by atoms with Crippen molar-refractivity contribution >= 4 is 15.7 Å². The molecule has 8 heteroatoms. The summed E-state index contributed by atoms with van der Waals surface area (Å²) in [6, 6.07) is 7.70. The number of benzene rings is 2. The first-order valence-electron chi connectivity index (χ1n) is 7.01. The van der Waals surface area contributed by atoms with Gasteiger partial charge in [0.25, 0.3) is 0 Å². The average Bonchev–Trinajstić information content (AvgIpc) is 2.55. The number of halogens is 2. The quantitative estimate of drug-likeness (QED) is 0.827. The summed E-state index contributed by atoms with van der Waals surface area (Å²) >= 11 is 0.